The van der Waals surface area contributed by atoms with Gasteiger partial charge in [-0.1, -0.05) is 29.8 Å². The van der Waals surface area contributed by atoms with E-state index in [0.717, 1.165) is 16.9 Å². The van der Waals surface area contributed by atoms with E-state index in [1.54, 1.807) is 0 Å². The Morgan fingerprint density at radius 3 is 2.50 bits per heavy atom. The van der Waals surface area contributed by atoms with E-state index in [1.807, 2.05) is 25.2 Å². The molecule has 1 atom stereocenters. The molecule has 20 heavy (non-hydrogen) atoms. The first kappa shape index (κ1) is 15.6. The third-order valence-corrected chi connectivity index (χ3v) is 4.21. The van der Waals surface area contributed by atoms with E-state index < -0.39 is 0 Å². The molecular formula is C16H17ClINO. The molecule has 0 fully saturated rings. The molecule has 106 valence electrons. The van der Waals surface area contributed by atoms with E-state index in [-0.39, 0.29) is 6.04 Å². The first-order valence-electron chi connectivity index (χ1n) is 6.44. The number of hydrogen-bond donors (Lipinski definition) is 1. The first-order valence-corrected chi connectivity index (χ1v) is 7.90. The van der Waals surface area contributed by atoms with Crippen molar-refractivity contribution < 1.29 is 4.74 Å². The fourth-order valence-corrected chi connectivity index (χ4v) is 2.41. The van der Waals surface area contributed by atoms with Crippen LogP contribution in [0.4, 0.5) is 0 Å². The number of nitrogens with one attached hydrogen (secondary N) is 1. The zero-order valence-electron chi connectivity index (χ0n) is 11.5. The average molecular weight is 402 g/mol. The summed E-state index contributed by atoms with van der Waals surface area (Å²) in [7, 11) is 1.93. The first-order chi connectivity index (χ1) is 9.60. The summed E-state index contributed by atoms with van der Waals surface area (Å²) >= 11 is 8.56. The van der Waals surface area contributed by atoms with Gasteiger partial charge in [-0.05, 0) is 72.0 Å². The van der Waals surface area contributed by atoms with Crippen LogP contribution in [0, 0.1) is 3.57 Å². The van der Waals surface area contributed by atoms with Crippen molar-refractivity contribution in [3.8, 4) is 5.75 Å². The number of ether oxygens (including phenoxy) is 1. The largest absolute Gasteiger partial charge is 0.487 e. The molecule has 2 aromatic rings. The van der Waals surface area contributed by atoms with E-state index in [4.69, 9.17) is 16.3 Å². The van der Waals surface area contributed by atoms with Crippen molar-refractivity contribution in [2.75, 3.05) is 7.05 Å². The highest BCUT2D eigenvalue weighted by Crippen LogP contribution is 2.28. The summed E-state index contributed by atoms with van der Waals surface area (Å²) < 4.78 is 6.99. The lowest BCUT2D eigenvalue weighted by Gasteiger charge is -2.13. The molecule has 4 heteroatoms. The molecule has 1 N–H and O–H groups in total. The monoisotopic (exact) mass is 401 g/mol. The summed E-state index contributed by atoms with van der Waals surface area (Å²) in [5.41, 5.74) is 2.29. The molecule has 0 aliphatic heterocycles. The fourth-order valence-electron chi connectivity index (χ4n) is 1.81. The van der Waals surface area contributed by atoms with Gasteiger partial charge in [0.2, 0.25) is 0 Å². The molecule has 0 aromatic heterocycles. The Hall–Kier alpha value is -0.780. The van der Waals surface area contributed by atoms with E-state index in [2.05, 4.69) is 59.1 Å². The summed E-state index contributed by atoms with van der Waals surface area (Å²) in [4.78, 5) is 0. The van der Waals surface area contributed by atoms with Crippen molar-refractivity contribution in [1.29, 1.82) is 0 Å². The Morgan fingerprint density at radius 1 is 1.20 bits per heavy atom. The van der Waals surface area contributed by atoms with Crippen LogP contribution in [0.25, 0.3) is 0 Å². The van der Waals surface area contributed by atoms with Gasteiger partial charge in [0.05, 0.1) is 5.02 Å². The highest BCUT2D eigenvalue weighted by atomic mass is 127. The zero-order valence-corrected chi connectivity index (χ0v) is 14.4. The van der Waals surface area contributed by atoms with Crippen molar-refractivity contribution in [1.82, 2.24) is 5.32 Å². The maximum atomic E-state index is 6.27. The summed E-state index contributed by atoms with van der Waals surface area (Å²) in [6, 6.07) is 14.5. The SMILES string of the molecule is CNC(C)c1ccc(OCc2ccc(I)cc2)c(Cl)c1. The smallest absolute Gasteiger partial charge is 0.138 e. The van der Waals surface area contributed by atoms with Gasteiger partial charge in [0.1, 0.15) is 12.4 Å². The summed E-state index contributed by atoms with van der Waals surface area (Å²) in [6.07, 6.45) is 0. The highest BCUT2D eigenvalue weighted by Gasteiger charge is 2.07. The second kappa shape index (κ2) is 7.29. The average Bonchev–Trinajstić information content (AvgIpc) is 2.46. The van der Waals surface area contributed by atoms with Crippen LogP contribution in [-0.2, 0) is 6.61 Å². The molecule has 0 saturated heterocycles. The van der Waals surface area contributed by atoms with Gasteiger partial charge in [0, 0.05) is 9.61 Å². The number of halogens is 2. The van der Waals surface area contributed by atoms with Crippen LogP contribution in [0.3, 0.4) is 0 Å². The quantitative estimate of drug-likeness (QED) is 0.726. The van der Waals surface area contributed by atoms with Crippen LogP contribution >= 0.6 is 34.2 Å². The van der Waals surface area contributed by atoms with Crippen LogP contribution in [0.1, 0.15) is 24.1 Å². The summed E-state index contributed by atoms with van der Waals surface area (Å²) in [6.45, 7) is 2.62. The lowest BCUT2D eigenvalue weighted by molar-refractivity contribution is 0.306. The number of hydrogen-bond acceptors (Lipinski definition) is 2. The Bertz CT molecular complexity index is 571. The molecule has 0 bridgehead atoms. The summed E-state index contributed by atoms with van der Waals surface area (Å²) in [5, 5.41) is 3.84. The van der Waals surface area contributed by atoms with Crippen molar-refractivity contribution >= 4 is 34.2 Å². The van der Waals surface area contributed by atoms with Crippen molar-refractivity contribution in [3.63, 3.8) is 0 Å². The third kappa shape index (κ3) is 4.11. The Morgan fingerprint density at radius 2 is 1.90 bits per heavy atom. The predicted octanol–water partition coefficient (Wildman–Crippen LogP) is 4.80. The fraction of sp³-hybridized carbons (Fsp3) is 0.250. The third-order valence-electron chi connectivity index (χ3n) is 3.20. The van der Waals surface area contributed by atoms with Gasteiger partial charge < -0.3 is 10.1 Å². The number of benzene rings is 2. The van der Waals surface area contributed by atoms with Crippen LogP contribution in [-0.4, -0.2) is 7.05 Å². The standard InChI is InChI=1S/C16H17ClINO/c1-11(19-2)13-5-8-16(15(17)9-13)20-10-12-3-6-14(18)7-4-12/h3-9,11,19H,10H2,1-2H3. The Labute approximate surface area is 138 Å². The van der Waals surface area contributed by atoms with Crippen molar-refractivity contribution in [2.24, 2.45) is 0 Å². The molecule has 0 amide bonds. The van der Waals surface area contributed by atoms with Crippen molar-refractivity contribution in [2.45, 2.75) is 19.6 Å². The highest BCUT2D eigenvalue weighted by molar-refractivity contribution is 14.1. The minimum atomic E-state index is 0.276. The lowest BCUT2D eigenvalue weighted by atomic mass is 10.1. The van der Waals surface area contributed by atoms with Gasteiger partial charge in [-0.25, -0.2) is 0 Å². The van der Waals surface area contributed by atoms with Gasteiger partial charge in [0.25, 0.3) is 0 Å². The van der Waals surface area contributed by atoms with E-state index in [0.29, 0.717) is 11.6 Å². The van der Waals surface area contributed by atoms with Crippen LogP contribution in [0.15, 0.2) is 42.5 Å². The van der Waals surface area contributed by atoms with Gasteiger partial charge in [0.15, 0.2) is 0 Å². The minimum Gasteiger partial charge on any atom is -0.487 e. The number of rotatable bonds is 5. The molecule has 0 aliphatic rings. The maximum absolute atomic E-state index is 6.27. The molecule has 0 aliphatic carbocycles. The molecule has 0 spiro atoms. The topological polar surface area (TPSA) is 21.3 Å². The minimum absolute atomic E-state index is 0.276. The van der Waals surface area contributed by atoms with Gasteiger partial charge in [-0.3, -0.25) is 0 Å². The van der Waals surface area contributed by atoms with Crippen LogP contribution in [0.2, 0.25) is 5.02 Å². The van der Waals surface area contributed by atoms with E-state index in [9.17, 15) is 0 Å². The second-order valence-corrected chi connectivity index (χ2v) is 6.27. The normalized spacial score (nSPS) is 12.2. The summed E-state index contributed by atoms with van der Waals surface area (Å²) in [5.74, 6) is 0.720. The van der Waals surface area contributed by atoms with Gasteiger partial charge >= 0.3 is 0 Å². The molecule has 0 radical (unpaired) electrons. The van der Waals surface area contributed by atoms with Gasteiger partial charge in [-0.2, -0.15) is 0 Å². The van der Waals surface area contributed by atoms with Crippen LogP contribution < -0.4 is 10.1 Å². The predicted molar refractivity (Wildman–Crippen MR) is 92.4 cm³/mol. The maximum Gasteiger partial charge on any atom is 0.138 e. The van der Waals surface area contributed by atoms with E-state index >= 15 is 0 Å². The Kier molecular flexibility index (Phi) is 5.69. The Balaban J connectivity index is 2.04. The lowest BCUT2D eigenvalue weighted by Crippen LogP contribution is -2.12. The van der Waals surface area contributed by atoms with Crippen molar-refractivity contribution in [3.05, 3.63) is 62.2 Å². The molecular weight excluding hydrogens is 385 g/mol. The molecule has 0 heterocycles. The van der Waals surface area contributed by atoms with Gasteiger partial charge in [-0.15, -0.1) is 0 Å². The molecule has 2 rings (SSSR count). The molecule has 1 unspecified atom stereocenters. The molecule has 2 aromatic carbocycles. The zero-order chi connectivity index (χ0) is 14.5. The molecule has 2 nitrogen and oxygen atoms in total. The van der Waals surface area contributed by atoms with E-state index in [1.165, 1.54) is 3.57 Å². The second-order valence-electron chi connectivity index (χ2n) is 4.62. The molecule has 0 saturated carbocycles. The van der Waals surface area contributed by atoms with Crippen LogP contribution in [0.5, 0.6) is 5.75 Å².